The van der Waals surface area contributed by atoms with Crippen LogP contribution in [0.4, 0.5) is 5.69 Å². The van der Waals surface area contributed by atoms with Crippen LogP contribution in [0.5, 0.6) is 0 Å². The van der Waals surface area contributed by atoms with Crippen molar-refractivity contribution in [2.45, 2.75) is 26.2 Å². The molecule has 3 rings (SSSR count). The van der Waals surface area contributed by atoms with Gasteiger partial charge in [-0.25, -0.2) is 4.68 Å². The minimum Gasteiger partial charge on any atom is -0.333 e. The Morgan fingerprint density at radius 3 is 2.96 bits per heavy atom. The van der Waals surface area contributed by atoms with Gasteiger partial charge in [0, 0.05) is 18.7 Å². The van der Waals surface area contributed by atoms with Crippen LogP contribution in [0.1, 0.15) is 24.8 Å². The first kappa shape index (κ1) is 15.1. The van der Waals surface area contributed by atoms with E-state index in [0.29, 0.717) is 18.7 Å². The molecular formula is C15H18N6O2. The minimum atomic E-state index is -0.202. The maximum absolute atomic E-state index is 12.2. The van der Waals surface area contributed by atoms with Crippen molar-refractivity contribution < 1.29 is 9.59 Å². The van der Waals surface area contributed by atoms with Gasteiger partial charge in [0.2, 0.25) is 11.8 Å². The van der Waals surface area contributed by atoms with Gasteiger partial charge in [-0.3, -0.25) is 9.59 Å². The lowest BCUT2D eigenvalue weighted by atomic mass is 10.1. The third-order valence-electron chi connectivity index (χ3n) is 3.84. The smallest absolute Gasteiger partial charge is 0.243 e. The number of tetrazole rings is 1. The summed E-state index contributed by atoms with van der Waals surface area (Å²) < 4.78 is 1.54. The van der Waals surface area contributed by atoms with Gasteiger partial charge in [0.05, 0.1) is 12.2 Å². The van der Waals surface area contributed by atoms with Crippen LogP contribution in [-0.2, 0) is 9.59 Å². The van der Waals surface area contributed by atoms with Crippen molar-refractivity contribution in [2.75, 3.05) is 18.4 Å². The lowest BCUT2D eigenvalue weighted by Crippen LogP contribution is -2.40. The molecule has 0 radical (unpaired) electrons. The number of aromatic nitrogens is 4. The number of hydrogen-bond donors (Lipinski definition) is 1. The lowest BCUT2D eigenvalue weighted by molar-refractivity contribution is -0.136. The maximum atomic E-state index is 12.2. The molecule has 0 saturated carbocycles. The molecule has 1 aromatic carbocycles. The largest absolute Gasteiger partial charge is 0.333 e. The molecule has 8 heteroatoms. The Balaban J connectivity index is 1.69. The number of carbonyl (C=O) groups excluding carboxylic acids is 2. The number of piperidine rings is 1. The van der Waals surface area contributed by atoms with E-state index < -0.39 is 0 Å². The number of hydrogen-bond acceptors (Lipinski definition) is 5. The first-order chi connectivity index (χ1) is 11.1. The van der Waals surface area contributed by atoms with E-state index in [2.05, 4.69) is 20.8 Å². The van der Waals surface area contributed by atoms with Gasteiger partial charge in [0.1, 0.15) is 6.33 Å². The number of carbonyl (C=O) groups is 2. The Labute approximate surface area is 133 Å². The highest BCUT2D eigenvalue weighted by Gasteiger charge is 2.20. The van der Waals surface area contributed by atoms with Crippen LogP contribution in [0, 0.1) is 6.92 Å². The van der Waals surface area contributed by atoms with Crippen molar-refractivity contribution in [1.29, 1.82) is 0 Å². The van der Waals surface area contributed by atoms with E-state index in [9.17, 15) is 9.59 Å². The van der Waals surface area contributed by atoms with E-state index in [1.54, 1.807) is 9.58 Å². The second kappa shape index (κ2) is 6.55. The van der Waals surface area contributed by atoms with Crippen LogP contribution in [0.2, 0.25) is 0 Å². The highest BCUT2D eigenvalue weighted by Crippen LogP contribution is 2.18. The molecular weight excluding hydrogens is 296 g/mol. The second-order valence-electron chi connectivity index (χ2n) is 5.58. The first-order valence-electron chi connectivity index (χ1n) is 7.55. The van der Waals surface area contributed by atoms with Crippen molar-refractivity contribution >= 4 is 17.5 Å². The van der Waals surface area contributed by atoms with E-state index in [0.717, 1.165) is 24.1 Å². The molecule has 0 spiro atoms. The second-order valence-corrected chi connectivity index (χ2v) is 5.58. The first-order valence-corrected chi connectivity index (χ1v) is 7.55. The summed E-state index contributed by atoms with van der Waals surface area (Å²) in [6.07, 6.45) is 3.89. The van der Waals surface area contributed by atoms with Gasteiger partial charge < -0.3 is 10.2 Å². The third kappa shape index (κ3) is 3.53. The molecule has 2 amide bonds. The molecule has 1 N–H and O–H groups in total. The van der Waals surface area contributed by atoms with Crippen LogP contribution in [0.25, 0.3) is 5.69 Å². The van der Waals surface area contributed by atoms with Gasteiger partial charge in [-0.1, -0.05) is 6.07 Å². The van der Waals surface area contributed by atoms with E-state index in [-0.39, 0.29) is 18.4 Å². The monoisotopic (exact) mass is 314 g/mol. The van der Waals surface area contributed by atoms with E-state index in [1.807, 2.05) is 25.1 Å². The molecule has 23 heavy (non-hydrogen) atoms. The molecule has 1 aliphatic rings. The summed E-state index contributed by atoms with van der Waals surface area (Å²) in [4.78, 5) is 25.5. The molecule has 2 heterocycles. The number of rotatable bonds is 4. The number of benzene rings is 1. The fourth-order valence-corrected chi connectivity index (χ4v) is 2.61. The highest BCUT2D eigenvalue weighted by molar-refractivity contribution is 5.94. The Bertz CT molecular complexity index is 713. The van der Waals surface area contributed by atoms with Crippen molar-refractivity contribution in [3.63, 3.8) is 0 Å². The Kier molecular flexibility index (Phi) is 4.31. The number of anilines is 1. The summed E-state index contributed by atoms with van der Waals surface area (Å²) in [7, 11) is 0. The van der Waals surface area contributed by atoms with E-state index >= 15 is 0 Å². The summed E-state index contributed by atoms with van der Waals surface area (Å²) in [5.41, 5.74) is 2.43. The zero-order chi connectivity index (χ0) is 16.2. The molecule has 8 nitrogen and oxygen atoms in total. The fourth-order valence-electron chi connectivity index (χ4n) is 2.61. The quantitative estimate of drug-likeness (QED) is 0.906. The number of amides is 2. The van der Waals surface area contributed by atoms with Gasteiger partial charge in [0.15, 0.2) is 0 Å². The molecule has 2 aromatic rings. The molecule has 0 aliphatic carbocycles. The molecule has 120 valence electrons. The van der Waals surface area contributed by atoms with Gasteiger partial charge in [0.25, 0.3) is 0 Å². The van der Waals surface area contributed by atoms with E-state index in [1.165, 1.54) is 6.33 Å². The topological polar surface area (TPSA) is 93.0 Å². The molecule has 1 aromatic heterocycles. The molecule has 1 saturated heterocycles. The van der Waals surface area contributed by atoms with Crippen molar-refractivity contribution in [1.82, 2.24) is 25.1 Å². The van der Waals surface area contributed by atoms with Crippen LogP contribution in [0.15, 0.2) is 24.5 Å². The van der Waals surface area contributed by atoms with Gasteiger partial charge in [-0.2, -0.15) is 0 Å². The SMILES string of the molecule is Cc1ccc(NC(=O)CN2CCCCC2=O)cc1-n1cnnn1. The Hall–Kier alpha value is -2.77. The number of nitrogens with zero attached hydrogens (tertiary/aromatic N) is 5. The van der Waals surface area contributed by atoms with Gasteiger partial charge in [-0.15, -0.1) is 5.10 Å². The summed E-state index contributed by atoms with van der Waals surface area (Å²) in [6.45, 7) is 2.68. The molecule has 0 unspecified atom stereocenters. The lowest BCUT2D eigenvalue weighted by Gasteiger charge is -2.26. The van der Waals surface area contributed by atoms with Crippen LogP contribution in [0.3, 0.4) is 0 Å². The minimum absolute atomic E-state index is 0.0460. The Morgan fingerprint density at radius 2 is 2.22 bits per heavy atom. The fraction of sp³-hybridized carbons (Fsp3) is 0.400. The zero-order valence-corrected chi connectivity index (χ0v) is 12.9. The molecule has 0 bridgehead atoms. The average molecular weight is 314 g/mol. The van der Waals surface area contributed by atoms with Crippen molar-refractivity contribution in [3.05, 3.63) is 30.1 Å². The zero-order valence-electron chi connectivity index (χ0n) is 12.9. The predicted molar refractivity (Wildman–Crippen MR) is 83.0 cm³/mol. The molecule has 1 aliphatic heterocycles. The van der Waals surface area contributed by atoms with Crippen molar-refractivity contribution in [2.24, 2.45) is 0 Å². The molecule has 1 fully saturated rings. The van der Waals surface area contributed by atoms with Gasteiger partial charge in [-0.05, 0) is 47.9 Å². The van der Waals surface area contributed by atoms with Gasteiger partial charge >= 0.3 is 0 Å². The standard InChI is InChI=1S/C15H18N6O2/c1-11-5-6-12(8-13(11)21-10-16-18-19-21)17-14(22)9-20-7-3-2-4-15(20)23/h5-6,8,10H,2-4,7,9H2,1H3,(H,17,22). The normalized spacial score (nSPS) is 14.8. The predicted octanol–water partition coefficient (Wildman–Crippen LogP) is 0.922. The number of aryl methyl sites for hydroxylation is 1. The summed E-state index contributed by atoms with van der Waals surface area (Å²) in [5.74, 6) is -0.156. The highest BCUT2D eigenvalue weighted by atomic mass is 16.2. The summed E-state index contributed by atoms with van der Waals surface area (Å²) >= 11 is 0. The average Bonchev–Trinajstić information content (AvgIpc) is 3.06. The third-order valence-corrected chi connectivity index (χ3v) is 3.84. The van der Waals surface area contributed by atoms with Crippen LogP contribution >= 0.6 is 0 Å². The number of nitrogens with one attached hydrogen (secondary N) is 1. The summed E-state index contributed by atoms with van der Waals surface area (Å²) in [5, 5.41) is 13.9. The maximum Gasteiger partial charge on any atom is 0.243 e. The van der Waals surface area contributed by atoms with Crippen molar-refractivity contribution in [3.8, 4) is 5.69 Å². The Morgan fingerprint density at radius 1 is 1.35 bits per heavy atom. The molecule has 0 atom stereocenters. The number of likely N-dealkylation sites (tertiary alicyclic amines) is 1. The van der Waals surface area contributed by atoms with Crippen LogP contribution < -0.4 is 5.32 Å². The summed E-state index contributed by atoms with van der Waals surface area (Å²) in [6, 6.07) is 5.51. The van der Waals surface area contributed by atoms with E-state index in [4.69, 9.17) is 0 Å². The van der Waals surface area contributed by atoms with Crippen LogP contribution in [-0.4, -0.2) is 50.0 Å².